The lowest BCUT2D eigenvalue weighted by atomic mass is 10.4. The number of aliphatic carboxylic acids is 1. The zero-order chi connectivity index (χ0) is 15.2. The van der Waals surface area contributed by atoms with E-state index in [1.807, 2.05) is 0 Å². The maximum absolute atomic E-state index is 11.8. The molecule has 0 unspecified atom stereocenters. The lowest BCUT2D eigenvalue weighted by molar-refractivity contribution is -0.141. The first kappa shape index (κ1) is 16.1. The minimum Gasteiger partial charge on any atom is -0.481 e. The van der Waals surface area contributed by atoms with Crippen LogP contribution in [0.5, 0.6) is 0 Å². The number of carbonyl (C=O) groups is 2. The summed E-state index contributed by atoms with van der Waals surface area (Å²) in [5.41, 5.74) is 0. The van der Waals surface area contributed by atoms with Crippen LogP contribution in [0.2, 0.25) is 0 Å². The summed E-state index contributed by atoms with van der Waals surface area (Å²) in [7, 11) is -3.87. The van der Waals surface area contributed by atoms with E-state index in [1.54, 1.807) is 6.92 Å². The number of hydrogen-bond donors (Lipinski definition) is 2. The van der Waals surface area contributed by atoms with Gasteiger partial charge in [0.05, 0.1) is 25.8 Å². The Labute approximate surface area is 115 Å². The molecular formula is C10H15N3O6S. The third-order valence-electron chi connectivity index (χ3n) is 2.19. The average molecular weight is 305 g/mol. The highest BCUT2D eigenvalue weighted by atomic mass is 32.2. The van der Waals surface area contributed by atoms with Gasteiger partial charge in [-0.1, -0.05) is 0 Å². The fraction of sp³-hybridized carbons (Fsp3) is 0.500. The van der Waals surface area contributed by atoms with Crippen molar-refractivity contribution < 1.29 is 27.9 Å². The molecule has 2 N–H and O–H groups in total. The molecular weight excluding hydrogens is 290 g/mol. The first-order valence-electron chi connectivity index (χ1n) is 5.74. The second-order valence-corrected chi connectivity index (χ2v) is 5.48. The zero-order valence-corrected chi connectivity index (χ0v) is 11.6. The van der Waals surface area contributed by atoms with E-state index in [1.165, 1.54) is 10.9 Å². The first-order valence-corrected chi connectivity index (χ1v) is 7.23. The molecule has 0 aliphatic carbocycles. The lowest BCUT2D eigenvalue weighted by Crippen LogP contribution is -2.30. The van der Waals surface area contributed by atoms with Gasteiger partial charge in [0.25, 0.3) is 0 Å². The van der Waals surface area contributed by atoms with Gasteiger partial charge in [0.1, 0.15) is 11.4 Å². The third-order valence-corrected chi connectivity index (χ3v) is 3.54. The average Bonchev–Trinajstić information content (AvgIpc) is 2.84. The third kappa shape index (κ3) is 4.97. The van der Waals surface area contributed by atoms with Crippen molar-refractivity contribution in [2.24, 2.45) is 0 Å². The normalized spacial score (nSPS) is 11.2. The minimum atomic E-state index is -3.87. The van der Waals surface area contributed by atoms with Gasteiger partial charge in [0.15, 0.2) is 0 Å². The van der Waals surface area contributed by atoms with Crippen molar-refractivity contribution in [2.45, 2.75) is 24.8 Å². The van der Waals surface area contributed by atoms with Gasteiger partial charge in [-0.2, -0.15) is 9.82 Å². The molecule has 0 fully saturated rings. The monoisotopic (exact) mass is 305 g/mol. The number of sulfonamides is 1. The van der Waals surface area contributed by atoms with E-state index in [9.17, 15) is 18.0 Å². The molecule has 1 aromatic heterocycles. The van der Waals surface area contributed by atoms with E-state index in [2.05, 4.69) is 14.6 Å². The van der Waals surface area contributed by atoms with Crippen LogP contribution in [0.3, 0.4) is 0 Å². The fourth-order valence-electron chi connectivity index (χ4n) is 1.27. The van der Waals surface area contributed by atoms with Gasteiger partial charge in [-0.15, -0.1) is 0 Å². The molecule has 1 aromatic rings. The van der Waals surface area contributed by atoms with Crippen molar-refractivity contribution in [3.8, 4) is 0 Å². The van der Waals surface area contributed by atoms with Gasteiger partial charge < -0.3 is 9.84 Å². The molecule has 0 aliphatic rings. The predicted octanol–water partition coefficient (Wildman–Crippen LogP) is -0.801. The molecule has 0 aliphatic heterocycles. The minimum absolute atomic E-state index is 0.0583. The summed E-state index contributed by atoms with van der Waals surface area (Å²) in [6.45, 7) is 1.35. The van der Waals surface area contributed by atoms with E-state index >= 15 is 0 Å². The van der Waals surface area contributed by atoms with E-state index in [0.29, 0.717) is 0 Å². The number of ether oxygens (including phenoxy) is 1. The molecule has 0 radical (unpaired) electrons. The molecule has 0 aromatic carbocycles. The van der Waals surface area contributed by atoms with Gasteiger partial charge in [-0.05, 0) is 6.92 Å². The van der Waals surface area contributed by atoms with Crippen molar-refractivity contribution in [1.82, 2.24) is 14.5 Å². The van der Waals surface area contributed by atoms with Gasteiger partial charge in [0.2, 0.25) is 10.0 Å². The van der Waals surface area contributed by atoms with E-state index in [4.69, 9.17) is 5.11 Å². The fourth-order valence-corrected chi connectivity index (χ4v) is 2.19. The Bertz CT molecular complexity index is 580. The van der Waals surface area contributed by atoms with Crippen LogP contribution in [-0.4, -0.2) is 48.4 Å². The number of carbonyl (C=O) groups excluding carboxylic acids is 1. The van der Waals surface area contributed by atoms with Crippen LogP contribution in [0.4, 0.5) is 0 Å². The van der Waals surface area contributed by atoms with Gasteiger partial charge in [-0.25, -0.2) is 8.42 Å². The molecule has 1 rings (SSSR count). The molecule has 0 bridgehead atoms. The van der Waals surface area contributed by atoms with E-state index < -0.39 is 28.5 Å². The molecule has 20 heavy (non-hydrogen) atoms. The number of aryl methyl sites for hydroxylation is 1. The Morgan fingerprint density at radius 1 is 1.50 bits per heavy atom. The Hall–Kier alpha value is -1.94. The number of nitrogens with one attached hydrogen (secondary N) is 1. The molecule has 0 atom stereocenters. The summed E-state index contributed by atoms with van der Waals surface area (Å²) < 4.78 is 31.5. The molecule has 112 valence electrons. The van der Waals surface area contributed by atoms with Crippen molar-refractivity contribution in [3.63, 3.8) is 0 Å². The molecule has 0 amide bonds. The highest BCUT2D eigenvalue weighted by Crippen LogP contribution is 2.07. The topological polar surface area (TPSA) is 128 Å². The smallest absolute Gasteiger partial charge is 0.321 e. The Morgan fingerprint density at radius 2 is 2.20 bits per heavy atom. The van der Waals surface area contributed by atoms with Crippen LogP contribution < -0.4 is 4.72 Å². The number of carboxylic acids is 1. The van der Waals surface area contributed by atoms with E-state index in [0.717, 1.165) is 6.20 Å². The van der Waals surface area contributed by atoms with Gasteiger partial charge in [0, 0.05) is 6.20 Å². The molecule has 0 spiro atoms. The van der Waals surface area contributed by atoms with Crippen LogP contribution in [-0.2, 0) is 30.9 Å². The molecule has 0 saturated carbocycles. The Balaban J connectivity index is 2.63. The van der Waals surface area contributed by atoms with Crippen LogP contribution in [0.1, 0.15) is 13.3 Å². The first-order chi connectivity index (χ1) is 9.35. The van der Waals surface area contributed by atoms with Crippen molar-refractivity contribution in [1.29, 1.82) is 0 Å². The molecule has 0 saturated heterocycles. The summed E-state index contributed by atoms with van der Waals surface area (Å²) in [6, 6.07) is 0. The Morgan fingerprint density at radius 3 is 2.80 bits per heavy atom. The zero-order valence-electron chi connectivity index (χ0n) is 10.8. The maximum atomic E-state index is 11.8. The number of rotatable bonds is 8. The van der Waals surface area contributed by atoms with Crippen molar-refractivity contribution in [2.75, 3.05) is 13.2 Å². The summed E-state index contributed by atoms with van der Waals surface area (Å²) >= 11 is 0. The van der Waals surface area contributed by atoms with Gasteiger partial charge >= 0.3 is 11.9 Å². The number of esters is 1. The van der Waals surface area contributed by atoms with Gasteiger partial charge in [-0.3, -0.25) is 14.3 Å². The van der Waals surface area contributed by atoms with Crippen LogP contribution in [0.15, 0.2) is 17.3 Å². The number of nitrogens with zero attached hydrogens (tertiary/aromatic N) is 2. The summed E-state index contributed by atoms with van der Waals surface area (Å²) in [6.07, 6.45) is 2.10. The maximum Gasteiger partial charge on any atom is 0.321 e. The van der Waals surface area contributed by atoms with Crippen molar-refractivity contribution in [3.05, 3.63) is 12.4 Å². The molecule has 10 heteroatoms. The summed E-state index contributed by atoms with van der Waals surface area (Å²) in [5, 5.41) is 12.3. The van der Waals surface area contributed by atoms with E-state index in [-0.39, 0.29) is 24.5 Å². The number of aromatic nitrogens is 2. The molecule has 1 heterocycles. The number of carboxylic acid groups (broad SMARTS) is 1. The van der Waals surface area contributed by atoms with Crippen LogP contribution in [0, 0.1) is 0 Å². The van der Waals surface area contributed by atoms with Crippen LogP contribution >= 0.6 is 0 Å². The quantitative estimate of drug-likeness (QED) is 0.602. The second kappa shape index (κ2) is 7.01. The van der Waals surface area contributed by atoms with Crippen LogP contribution in [0.25, 0.3) is 0 Å². The van der Waals surface area contributed by atoms with Crippen molar-refractivity contribution >= 4 is 22.0 Å². The SMILES string of the molecule is CCOC(=O)CNS(=O)(=O)c1cnn(CCC(=O)O)c1. The molecule has 9 nitrogen and oxygen atoms in total. The lowest BCUT2D eigenvalue weighted by Gasteiger charge is -2.04. The Kier molecular flexibility index (Phi) is 5.65. The summed E-state index contributed by atoms with van der Waals surface area (Å²) in [4.78, 5) is 21.3. The second-order valence-electron chi connectivity index (χ2n) is 3.71. The summed E-state index contributed by atoms with van der Waals surface area (Å²) in [5.74, 6) is -1.69. The highest BCUT2D eigenvalue weighted by molar-refractivity contribution is 7.89. The standard InChI is InChI=1S/C10H15N3O6S/c1-2-19-10(16)6-12-20(17,18)8-5-11-13(7-8)4-3-9(14)15/h5,7,12H,2-4,6H2,1H3,(H,14,15). The highest BCUT2D eigenvalue weighted by Gasteiger charge is 2.18. The number of hydrogen-bond acceptors (Lipinski definition) is 6. The largest absolute Gasteiger partial charge is 0.481 e. The predicted molar refractivity (Wildman–Crippen MR) is 66.3 cm³/mol.